The molecule has 5 atom stereocenters. The molecule has 14 nitrogen and oxygen atoms in total. The van der Waals surface area contributed by atoms with Crippen LogP contribution in [0.25, 0.3) is 22.3 Å². The first-order valence-electron chi connectivity index (χ1n) is 14.0. The van der Waals surface area contributed by atoms with E-state index in [0.717, 1.165) is 49.9 Å². The van der Waals surface area contributed by atoms with E-state index in [1.165, 1.54) is 6.07 Å². The highest BCUT2D eigenvalue weighted by Crippen LogP contribution is 2.32. The lowest BCUT2D eigenvalue weighted by Crippen LogP contribution is -2.69. The number of benzene rings is 2. The van der Waals surface area contributed by atoms with E-state index in [9.17, 15) is 28.8 Å². The van der Waals surface area contributed by atoms with E-state index < -0.39 is 72.6 Å². The third-order valence-electron chi connectivity index (χ3n) is 6.81. The maximum Gasteiger partial charge on any atom is 0.303 e. The molecule has 14 heteroatoms. The molecular weight excluding hydrogens is 590 g/mol. The minimum absolute atomic E-state index is 0.0433. The summed E-state index contributed by atoms with van der Waals surface area (Å²) in [5.74, 6) is -3.95. The Hall–Kier alpha value is -5.11. The average molecular weight is 624 g/mol. The number of ether oxygens (including phenoxy) is 5. The third kappa shape index (κ3) is 7.34. The average Bonchev–Trinajstić information content (AvgIpc) is 2.95. The zero-order chi connectivity index (χ0) is 33.0. The highest BCUT2D eigenvalue weighted by molar-refractivity contribution is 5.87. The molecule has 1 aliphatic heterocycles. The minimum atomic E-state index is -1.69. The molecule has 0 bridgehead atoms. The summed E-state index contributed by atoms with van der Waals surface area (Å²) in [5, 5.41) is 1.05. The van der Waals surface area contributed by atoms with Gasteiger partial charge in [-0.25, -0.2) is 9.99 Å². The number of carbonyl (C=O) groups is 5. The van der Waals surface area contributed by atoms with Crippen molar-refractivity contribution >= 4 is 40.7 Å². The Balaban J connectivity index is 2.01. The standard InChI is InChI=1S/C31H33N3O11/c1-16-11-13-22(14-12-16)29-32-24-10-8-7-9-23(24)30(40)34(29)33(17(2)35)31-28(44-21(6)39)27(43-20(5)38)26(42-19(4)37)25(45-31)15-41-18(3)36/h7-14,25-28,31H,15H2,1-6H3/t25-,26-,27+,28-,31-/m1/s1. The number of amides is 1. The summed E-state index contributed by atoms with van der Waals surface area (Å²) in [6.07, 6.45) is -7.70. The number of carbonyl (C=O) groups excluding carboxylic acids is 5. The molecule has 2 heterocycles. The summed E-state index contributed by atoms with van der Waals surface area (Å²) in [5.41, 5.74) is 1.07. The first-order chi connectivity index (χ1) is 21.3. The first kappa shape index (κ1) is 32.8. The molecule has 2 aromatic carbocycles. The topological polar surface area (TPSA) is 170 Å². The van der Waals surface area contributed by atoms with E-state index in [-0.39, 0.29) is 11.2 Å². The molecule has 238 valence electrons. The van der Waals surface area contributed by atoms with Crippen molar-refractivity contribution in [3.05, 3.63) is 64.4 Å². The molecule has 1 aromatic heterocycles. The van der Waals surface area contributed by atoms with Crippen molar-refractivity contribution in [2.75, 3.05) is 11.6 Å². The van der Waals surface area contributed by atoms with E-state index in [0.29, 0.717) is 11.1 Å². The normalized spacial score (nSPS) is 21.0. The van der Waals surface area contributed by atoms with E-state index >= 15 is 0 Å². The van der Waals surface area contributed by atoms with Gasteiger partial charge in [0.05, 0.1) is 10.9 Å². The van der Waals surface area contributed by atoms with Gasteiger partial charge in [0, 0.05) is 40.2 Å². The van der Waals surface area contributed by atoms with Gasteiger partial charge in [0.25, 0.3) is 5.56 Å². The number of para-hydroxylation sites is 1. The zero-order valence-electron chi connectivity index (χ0n) is 25.5. The highest BCUT2D eigenvalue weighted by Gasteiger charge is 2.55. The Kier molecular flexibility index (Phi) is 9.97. The van der Waals surface area contributed by atoms with Gasteiger partial charge < -0.3 is 23.7 Å². The maximum atomic E-state index is 14.2. The van der Waals surface area contributed by atoms with Crippen LogP contribution in [0.5, 0.6) is 0 Å². The second-order valence-corrected chi connectivity index (χ2v) is 10.4. The van der Waals surface area contributed by atoms with Gasteiger partial charge in [-0.05, 0) is 19.1 Å². The Morgan fingerprint density at radius 2 is 1.38 bits per heavy atom. The number of aryl methyl sites for hydroxylation is 1. The van der Waals surface area contributed by atoms with Crippen LogP contribution in [0.15, 0.2) is 53.3 Å². The van der Waals surface area contributed by atoms with Crippen LogP contribution in [0.1, 0.15) is 40.2 Å². The summed E-state index contributed by atoms with van der Waals surface area (Å²) in [6.45, 7) is 6.90. The molecule has 45 heavy (non-hydrogen) atoms. The van der Waals surface area contributed by atoms with Crippen molar-refractivity contribution in [1.29, 1.82) is 0 Å². The van der Waals surface area contributed by atoms with Gasteiger partial charge in [-0.2, -0.15) is 4.68 Å². The van der Waals surface area contributed by atoms with Crippen LogP contribution >= 0.6 is 0 Å². The SMILES string of the molecule is CC(=O)OC[C@H]1O[C@@H](N(C(C)=O)n2c(-c3ccc(C)cc3)nc3ccccc3c2=O)[C@H](OC(C)=O)[C@@H](OC(C)=O)[C@@H]1OC(C)=O. The Bertz CT molecular complexity index is 1680. The van der Waals surface area contributed by atoms with Gasteiger partial charge in [0.2, 0.25) is 5.91 Å². The third-order valence-corrected chi connectivity index (χ3v) is 6.81. The molecule has 3 aromatic rings. The fraction of sp³-hybridized carbons (Fsp3) is 0.387. The summed E-state index contributed by atoms with van der Waals surface area (Å²) in [4.78, 5) is 81.2. The van der Waals surface area contributed by atoms with E-state index in [2.05, 4.69) is 0 Å². The molecule has 1 fully saturated rings. The van der Waals surface area contributed by atoms with Crippen molar-refractivity contribution in [3.8, 4) is 11.4 Å². The molecule has 0 unspecified atom stereocenters. The van der Waals surface area contributed by atoms with Gasteiger partial charge in [-0.15, -0.1) is 0 Å². The second-order valence-electron chi connectivity index (χ2n) is 10.4. The Morgan fingerprint density at radius 3 is 1.96 bits per heavy atom. The van der Waals surface area contributed by atoms with Crippen molar-refractivity contribution in [1.82, 2.24) is 9.66 Å². The van der Waals surface area contributed by atoms with Crippen LogP contribution in [0.4, 0.5) is 0 Å². The van der Waals surface area contributed by atoms with E-state index in [1.54, 1.807) is 42.5 Å². The predicted octanol–water partition coefficient (Wildman–Crippen LogP) is 1.94. The first-order valence-corrected chi connectivity index (χ1v) is 14.0. The quantitative estimate of drug-likeness (QED) is 0.264. The molecule has 4 rings (SSSR count). The molecule has 0 N–H and O–H groups in total. The lowest BCUT2D eigenvalue weighted by Gasteiger charge is -2.47. The Labute approximate surface area is 257 Å². The molecule has 1 aliphatic rings. The number of fused-ring (bicyclic) bond motifs is 1. The number of esters is 4. The van der Waals surface area contributed by atoms with E-state index in [1.807, 2.05) is 6.92 Å². The molecule has 0 aliphatic carbocycles. The fourth-order valence-electron chi connectivity index (χ4n) is 5.05. The van der Waals surface area contributed by atoms with Crippen LogP contribution in [0.3, 0.4) is 0 Å². The molecule has 1 saturated heterocycles. The van der Waals surface area contributed by atoms with Crippen LogP contribution in [-0.4, -0.2) is 76.7 Å². The van der Waals surface area contributed by atoms with Gasteiger partial charge in [-0.3, -0.25) is 28.8 Å². The smallest absolute Gasteiger partial charge is 0.303 e. The van der Waals surface area contributed by atoms with Crippen LogP contribution in [0, 0.1) is 6.92 Å². The Morgan fingerprint density at radius 1 is 0.800 bits per heavy atom. The second kappa shape index (κ2) is 13.7. The van der Waals surface area contributed by atoms with Crippen molar-refractivity contribution in [2.45, 2.75) is 72.2 Å². The van der Waals surface area contributed by atoms with Crippen molar-refractivity contribution < 1.29 is 47.7 Å². The largest absolute Gasteiger partial charge is 0.463 e. The van der Waals surface area contributed by atoms with Crippen molar-refractivity contribution in [2.24, 2.45) is 0 Å². The summed E-state index contributed by atoms with van der Waals surface area (Å²) >= 11 is 0. The lowest BCUT2D eigenvalue weighted by atomic mass is 9.96. The van der Waals surface area contributed by atoms with Gasteiger partial charge in [-0.1, -0.05) is 42.0 Å². The summed E-state index contributed by atoms with van der Waals surface area (Å²) in [7, 11) is 0. The zero-order valence-corrected chi connectivity index (χ0v) is 25.5. The van der Waals surface area contributed by atoms with E-state index in [4.69, 9.17) is 28.7 Å². The number of aromatic nitrogens is 2. The predicted molar refractivity (Wildman–Crippen MR) is 157 cm³/mol. The van der Waals surface area contributed by atoms with Gasteiger partial charge in [0.15, 0.2) is 30.4 Å². The maximum absolute atomic E-state index is 14.2. The number of nitrogens with zero attached hydrogens (tertiary/aromatic N) is 3. The fourth-order valence-corrected chi connectivity index (χ4v) is 5.05. The monoisotopic (exact) mass is 623 g/mol. The van der Waals surface area contributed by atoms with Crippen molar-refractivity contribution in [3.63, 3.8) is 0 Å². The number of rotatable bonds is 8. The van der Waals surface area contributed by atoms with Crippen LogP contribution < -0.4 is 10.6 Å². The summed E-state index contributed by atoms with van der Waals surface area (Å²) in [6, 6.07) is 13.5. The van der Waals surface area contributed by atoms with Gasteiger partial charge >= 0.3 is 23.9 Å². The molecule has 0 saturated carbocycles. The number of hydrogen-bond acceptors (Lipinski definition) is 12. The van der Waals surface area contributed by atoms with Crippen LogP contribution in [0.2, 0.25) is 0 Å². The van der Waals surface area contributed by atoms with Crippen LogP contribution in [-0.2, 0) is 47.7 Å². The van der Waals surface area contributed by atoms with Gasteiger partial charge in [0.1, 0.15) is 12.7 Å². The number of hydrogen-bond donors (Lipinski definition) is 0. The lowest BCUT2D eigenvalue weighted by molar-refractivity contribution is -0.254. The highest BCUT2D eigenvalue weighted by atomic mass is 16.7. The molecule has 0 radical (unpaired) electrons. The molecule has 1 amide bonds. The summed E-state index contributed by atoms with van der Waals surface area (Å²) < 4.78 is 28.9. The minimum Gasteiger partial charge on any atom is -0.463 e. The molecular formula is C31H33N3O11. The molecule has 0 spiro atoms.